The molecule has 1 aromatic heterocycles. The molecule has 1 atom stereocenters. The number of nitrogens with zero attached hydrogens (tertiary/aromatic N) is 7. The number of carbonyl (C=O) groups excluding carboxylic acids is 5. The number of nitrogens with one attached hydrogen (secondary N) is 2. The summed E-state index contributed by atoms with van der Waals surface area (Å²) in [6.45, 7) is 5.84. The summed E-state index contributed by atoms with van der Waals surface area (Å²) >= 11 is 9.76. The van der Waals surface area contributed by atoms with Crippen LogP contribution in [0.15, 0.2) is 46.9 Å². The van der Waals surface area contributed by atoms with Crippen LogP contribution in [0.4, 0.5) is 5.82 Å². The summed E-state index contributed by atoms with van der Waals surface area (Å²) in [7, 11) is 0. The van der Waals surface area contributed by atoms with Gasteiger partial charge in [-0.25, -0.2) is 0 Å². The molecule has 0 radical (unpaired) electrons. The standard InChI is InChI=1S/C41H43BrClN9O6/c42-32-21-31-30(40(56)52(41(31)57)35-8-10-37(53)46-39(35)55)19-25(32)23-49-15-17-50(18-16-49)27-11-13-51(14-12-27)36-9-7-34(47-48-36)38(54)45-26-2-5-28(6-3-26)58-29-4-1-24(22-44)33(43)20-29/h1,4,7,9,19-21,26-28,35H,2-3,5-6,8,10-18,23H2,(H,45,54)(H,46,53,55)/t26-,28-,35?. The molecule has 1 unspecified atom stereocenters. The van der Waals surface area contributed by atoms with E-state index in [-0.39, 0.29) is 42.0 Å². The van der Waals surface area contributed by atoms with Crippen molar-refractivity contribution in [3.8, 4) is 11.8 Å². The molecule has 0 spiro atoms. The Balaban J connectivity index is 0.765. The number of fused-ring (bicyclic) bond motifs is 1. The molecular formula is C41H43BrClN9O6. The van der Waals surface area contributed by atoms with Gasteiger partial charge in [0.2, 0.25) is 11.8 Å². The highest BCUT2D eigenvalue weighted by Gasteiger charge is 2.45. The van der Waals surface area contributed by atoms with Gasteiger partial charge in [-0.3, -0.25) is 44.0 Å². The van der Waals surface area contributed by atoms with E-state index in [1.165, 1.54) is 0 Å². The van der Waals surface area contributed by atoms with E-state index < -0.39 is 29.7 Å². The number of amides is 5. The topological polar surface area (TPSA) is 181 Å². The van der Waals surface area contributed by atoms with Gasteiger partial charge < -0.3 is 15.0 Å². The third-order valence-electron chi connectivity index (χ3n) is 12.0. The lowest BCUT2D eigenvalue weighted by atomic mass is 9.93. The van der Waals surface area contributed by atoms with Gasteiger partial charge in [0.15, 0.2) is 11.5 Å². The molecule has 2 aromatic carbocycles. The van der Waals surface area contributed by atoms with Crippen LogP contribution in [0.1, 0.15) is 93.7 Å². The summed E-state index contributed by atoms with van der Waals surface area (Å²) in [4.78, 5) is 71.8. The molecule has 4 aliphatic heterocycles. The fourth-order valence-electron chi connectivity index (χ4n) is 8.70. The van der Waals surface area contributed by atoms with Gasteiger partial charge in [-0.15, -0.1) is 10.2 Å². The average Bonchev–Trinajstić information content (AvgIpc) is 3.46. The number of piperazine rings is 1. The van der Waals surface area contributed by atoms with E-state index in [9.17, 15) is 24.0 Å². The summed E-state index contributed by atoms with van der Waals surface area (Å²) in [5, 5.41) is 23.5. The molecule has 4 fully saturated rings. The monoisotopic (exact) mass is 871 g/mol. The summed E-state index contributed by atoms with van der Waals surface area (Å²) in [5.74, 6) is -0.870. The Kier molecular flexibility index (Phi) is 11.8. The maximum Gasteiger partial charge on any atom is 0.272 e. The van der Waals surface area contributed by atoms with Crippen LogP contribution < -0.4 is 20.3 Å². The molecule has 3 saturated heterocycles. The second-order valence-electron chi connectivity index (χ2n) is 15.6. The van der Waals surface area contributed by atoms with Crippen LogP contribution in [0.25, 0.3) is 0 Å². The molecule has 5 aliphatic rings. The number of halogens is 2. The Hall–Kier alpha value is -4.95. The average molecular weight is 873 g/mol. The van der Waals surface area contributed by atoms with Gasteiger partial charge in [-0.05, 0) is 86.9 Å². The van der Waals surface area contributed by atoms with Gasteiger partial charge in [0, 0.05) is 74.9 Å². The van der Waals surface area contributed by atoms with Crippen LogP contribution in [0.5, 0.6) is 5.75 Å². The fourth-order valence-corrected chi connectivity index (χ4v) is 9.38. The van der Waals surface area contributed by atoms with Crippen molar-refractivity contribution in [3.05, 3.63) is 79.9 Å². The molecule has 2 N–H and O–H groups in total. The molecule has 1 saturated carbocycles. The normalized spacial score (nSPS) is 23.4. The lowest BCUT2D eigenvalue weighted by Gasteiger charge is -2.43. The van der Waals surface area contributed by atoms with Gasteiger partial charge in [0.05, 0.1) is 27.8 Å². The quantitative estimate of drug-likeness (QED) is 0.295. The van der Waals surface area contributed by atoms with Crippen LogP contribution in [-0.2, 0) is 16.1 Å². The highest BCUT2D eigenvalue weighted by molar-refractivity contribution is 9.10. The number of rotatable bonds is 9. The summed E-state index contributed by atoms with van der Waals surface area (Å²) in [6, 6.07) is 13.7. The van der Waals surface area contributed by atoms with Crippen LogP contribution in [0.3, 0.4) is 0 Å². The van der Waals surface area contributed by atoms with Crippen molar-refractivity contribution < 1.29 is 28.7 Å². The number of ether oxygens (including phenoxy) is 1. The summed E-state index contributed by atoms with van der Waals surface area (Å²) in [5.41, 5.74) is 2.16. The smallest absolute Gasteiger partial charge is 0.272 e. The van der Waals surface area contributed by atoms with Crippen molar-refractivity contribution in [3.63, 3.8) is 0 Å². The van der Waals surface area contributed by atoms with Gasteiger partial charge in [-0.2, -0.15) is 5.26 Å². The Bertz CT molecular complexity index is 2160. The van der Waals surface area contributed by atoms with Crippen LogP contribution in [0.2, 0.25) is 5.02 Å². The first-order valence-electron chi connectivity index (χ1n) is 19.8. The Morgan fingerprint density at radius 1 is 0.897 bits per heavy atom. The predicted molar refractivity (Wildman–Crippen MR) is 215 cm³/mol. The van der Waals surface area contributed by atoms with Crippen LogP contribution in [0, 0.1) is 11.3 Å². The van der Waals surface area contributed by atoms with Gasteiger partial charge in [0.25, 0.3) is 17.7 Å². The number of anilines is 1. The zero-order valence-corrected chi connectivity index (χ0v) is 34.1. The number of benzene rings is 2. The molecule has 302 valence electrons. The van der Waals surface area contributed by atoms with E-state index in [0.29, 0.717) is 34.6 Å². The fraction of sp³-hybridized carbons (Fsp3) is 0.463. The first-order chi connectivity index (χ1) is 28.0. The van der Waals surface area contributed by atoms with E-state index in [1.54, 1.807) is 36.4 Å². The minimum absolute atomic E-state index is 0.0156. The highest BCUT2D eigenvalue weighted by atomic mass is 79.9. The van der Waals surface area contributed by atoms with E-state index in [2.05, 4.69) is 57.5 Å². The lowest BCUT2D eigenvalue weighted by Crippen LogP contribution is -2.54. The maximum atomic E-state index is 13.4. The van der Waals surface area contributed by atoms with Crippen molar-refractivity contribution in [2.75, 3.05) is 44.2 Å². The molecule has 0 bridgehead atoms. The minimum Gasteiger partial charge on any atom is -0.490 e. The maximum absolute atomic E-state index is 13.4. The second-order valence-corrected chi connectivity index (χ2v) is 16.8. The molecular weight excluding hydrogens is 830 g/mol. The minimum atomic E-state index is -0.993. The summed E-state index contributed by atoms with van der Waals surface area (Å²) < 4.78 is 6.82. The van der Waals surface area contributed by atoms with Crippen LogP contribution in [-0.4, -0.2) is 118 Å². The number of nitriles is 1. The zero-order valence-electron chi connectivity index (χ0n) is 31.8. The molecule has 58 heavy (non-hydrogen) atoms. The molecule has 5 heterocycles. The highest BCUT2D eigenvalue weighted by Crippen LogP contribution is 2.33. The zero-order chi connectivity index (χ0) is 40.5. The Morgan fingerprint density at radius 3 is 2.28 bits per heavy atom. The van der Waals surface area contributed by atoms with E-state index >= 15 is 0 Å². The third kappa shape index (κ3) is 8.45. The number of aromatic nitrogens is 2. The van der Waals surface area contributed by atoms with Crippen molar-refractivity contribution in [1.29, 1.82) is 5.26 Å². The number of hydrogen-bond acceptors (Lipinski definition) is 12. The Morgan fingerprint density at radius 2 is 1.62 bits per heavy atom. The summed E-state index contributed by atoms with van der Waals surface area (Å²) in [6.07, 6.45) is 5.33. The first kappa shape index (κ1) is 39.9. The lowest BCUT2D eigenvalue weighted by molar-refractivity contribution is -0.136. The number of hydrogen-bond donors (Lipinski definition) is 2. The van der Waals surface area contributed by atoms with Crippen molar-refractivity contribution in [2.45, 2.75) is 82.1 Å². The molecule has 5 amide bonds. The number of imide groups is 2. The van der Waals surface area contributed by atoms with E-state index in [1.807, 2.05) is 6.07 Å². The Labute approximate surface area is 349 Å². The second kappa shape index (κ2) is 17.1. The predicted octanol–water partition coefficient (Wildman–Crippen LogP) is 4.07. The SMILES string of the molecule is N#Cc1ccc(O[C@H]2CC[C@H](NC(=O)c3ccc(N4CCC(N5CCN(Cc6cc7c(cc6Br)C(=O)N(C6CCC(=O)NC6=O)C7=O)CC5)CC4)nn3)CC2)cc1Cl. The van der Waals surface area contributed by atoms with Crippen molar-refractivity contribution >= 4 is 62.9 Å². The van der Waals surface area contributed by atoms with Crippen molar-refractivity contribution in [1.82, 2.24) is 35.5 Å². The molecule has 1 aliphatic carbocycles. The number of piperidine rings is 2. The molecule has 15 nitrogen and oxygen atoms in total. The van der Waals surface area contributed by atoms with Gasteiger partial charge in [0.1, 0.15) is 17.9 Å². The molecule has 3 aromatic rings. The molecule has 8 rings (SSSR count). The largest absolute Gasteiger partial charge is 0.490 e. The molecule has 17 heteroatoms. The van der Waals surface area contributed by atoms with Crippen molar-refractivity contribution in [2.24, 2.45) is 0 Å². The third-order valence-corrected chi connectivity index (χ3v) is 13.0. The van der Waals surface area contributed by atoms with Gasteiger partial charge >= 0.3 is 0 Å². The number of carbonyl (C=O) groups is 5. The van der Waals surface area contributed by atoms with Gasteiger partial charge in [-0.1, -0.05) is 27.5 Å². The first-order valence-corrected chi connectivity index (χ1v) is 21.0. The van der Waals surface area contributed by atoms with E-state index in [4.69, 9.17) is 21.6 Å². The van der Waals surface area contributed by atoms with Crippen LogP contribution >= 0.6 is 27.5 Å². The van der Waals surface area contributed by atoms with E-state index in [0.717, 1.165) is 98.5 Å².